The van der Waals surface area contributed by atoms with Gasteiger partial charge in [0.1, 0.15) is 5.82 Å². The summed E-state index contributed by atoms with van der Waals surface area (Å²) in [4.78, 5) is 24.1. The van der Waals surface area contributed by atoms with Gasteiger partial charge >= 0.3 is 0 Å². The van der Waals surface area contributed by atoms with Crippen LogP contribution in [0.2, 0.25) is 0 Å². The fourth-order valence-electron chi connectivity index (χ4n) is 2.61. The van der Waals surface area contributed by atoms with Gasteiger partial charge in [0.05, 0.1) is 23.7 Å². The minimum atomic E-state index is -3.66. The number of carbonyl (C=O) groups is 2. The van der Waals surface area contributed by atoms with Gasteiger partial charge in [0.25, 0.3) is 11.8 Å². The quantitative estimate of drug-likeness (QED) is 0.734. The molecule has 1 heterocycles. The van der Waals surface area contributed by atoms with Crippen molar-refractivity contribution < 1.29 is 27.1 Å². The molecule has 28 heavy (non-hydrogen) atoms. The molecule has 2 N–H and O–H groups in total. The molecular formula is C18H18FN3O5S. The molecule has 2 amide bonds. The number of nitrogens with one attached hydrogen (secondary N) is 2. The maximum absolute atomic E-state index is 13.6. The van der Waals surface area contributed by atoms with Gasteiger partial charge in [0.2, 0.25) is 10.0 Å². The molecular weight excluding hydrogens is 389 g/mol. The van der Waals surface area contributed by atoms with Crippen LogP contribution >= 0.6 is 0 Å². The first kappa shape index (κ1) is 19.9. The molecule has 1 aliphatic rings. The van der Waals surface area contributed by atoms with Crippen LogP contribution in [0.4, 0.5) is 4.39 Å². The number of halogens is 1. The normalized spacial score (nSPS) is 15.0. The Bertz CT molecular complexity index is 973. The molecule has 2 aromatic carbocycles. The van der Waals surface area contributed by atoms with Crippen LogP contribution in [0, 0.1) is 5.82 Å². The van der Waals surface area contributed by atoms with E-state index < -0.39 is 27.7 Å². The van der Waals surface area contributed by atoms with Crippen molar-refractivity contribution in [2.24, 2.45) is 0 Å². The highest BCUT2D eigenvalue weighted by atomic mass is 32.2. The SMILES string of the molecule is O=C(NNC(=O)c1ccccc1F)c1ccc(S(=O)(=O)N2CCOCC2)cc1. The van der Waals surface area contributed by atoms with Crippen molar-refractivity contribution in [1.29, 1.82) is 0 Å². The topological polar surface area (TPSA) is 105 Å². The lowest BCUT2D eigenvalue weighted by Crippen LogP contribution is -2.42. The van der Waals surface area contributed by atoms with Crippen molar-refractivity contribution in [1.82, 2.24) is 15.2 Å². The van der Waals surface area contributed by atoms with E-state index in [2.05, 4.69) is 10.9 Å². The van der Waals surface area contributed by atoms with E-state index in [9.17, 15) is 22.4 Å². The molecule has 1 aliphatic heterocycles. The highest BCUT2D eigenvalue weighted by Gasteiger charge is 2.26. The van der Waals surface area contributed by atoms with E-state index in [1.165, 1.54) is 46.8 Å². The van der Waals surface area contributed by atoms with Gasteiger partial charge in [0.15, 0.2) is 0 Å². The molecule has 0 radical (unpaired) electrons. The van der Waals surface area contributed by atoms with E-state index in [0.29, 0.717) is 13.2 Å². The number of sulfonamides is 1. The molecule has 8 nitrogen and oxygen atoms in total. The predicted octanol–water partition coefficient (Wildman–Crippen LogP) is 0.921. The van der Waals surface area contributed by atoms with Gasteiger partial charge in [-0.25, -0.2) is 12.8 Å². The lowest BCUT2D eigenvalue weighted by Gasteiger charge is -2.26. The number of nitrogens with zero attached hydrogens (tertiary/aromatic N) is 1. The molecule has 0 saturated carbocycles. The number of amides is 2. The van der Waals surface area contributed by atoms with Gasteiger partial charge in [-0.2, -0.15) is 4.31 Å². The molecule has 0 atom stereocenters. The summed E-state index contributed by atoms with van der Waals surface area (Å²) in [5, 5.41) is 0. The number of carbonyl (C=O) groups excluding carboxylic acids is 2. The lowest BCUT2D eigenvalue weighted by atomic mass is 10.2. The number of hydrogen-bond acceptors (Lipinski definition) is 5. The number of morpholine rings is 1. The second-order valence-electron chi connectivity index (χ2n) is 5.93. The molecule has 0 aliphatic carbocycles. The number of ether oxygens (including phenoxy) is 1. The Morgan fingerprint density at radius 3 is 2.18 bits per heavy atom. The van der Waals surface area contributed by atoms with Crippen molar-refractivity contribution in [2.75, 3.05) is 26.3 Å². The molecule has 1 fully saturated rings. The summed E-state index contributed by atoms with van der Waals surface area (Å²) in [6, 6.07) is 10.6. The van der Waals surface area contributed by atoms with E-state index >= 15 is 0 Å². The monoisotopic (exact) mass is 407 g/mol. The maximum atomic E-state index is 13.6. The summed E-state index contributed by atoms with van der Waals surface area (Å²) in [6.45, 7) is 1.21. The fraction of sp³-hybridized carbons (Fsp3) is 0.222. The molecule has 0 bridgehead atoms. The third-order valence-electron chi connectivity index (χ3n) is 4.13. The molecule has 2 aromatic rings. The molecule has 1 saturated heterocycles. The smallest absolute Gasteiger partial charge is 0.272 e. The van der Waals surface area contributed by atoms with Crippen LogP contribution in [0.3, 0.4) is 0 Å². The first-order chi connectivity index (χ1) is 13.4. The maximum Gasteiger partial charge on any atom is 0.272 e. The molecule has 0 unspecified atom stereocenters. The van der Waals surface area contributed by atoms with E-state index in [4.69, 9.17) is 4.74 Å². The average Bonchev–Trinajstić information content (AvgIpc) is 2.73. The van der Waals surface area contributed by atoms with Gasteiger partial charge in [-0.1, -0.05) is 12.1 Å². The molecule has 0 spiro atoms. The first-order valence-corrected chi connectivity index (χ1v) is 9.87. The van der Waals surface area contributed by atoms with Crippen molar-refractivity contribution in [2.45, 2.75) is 4.90 Å². The van der Waals surface area contributed by atoms with Crippen LogP contribution < -0.4 is 10.9 Å². The van der Waals surface area contributed by atoms with E-state index in [1.54, 1.807) is 0 Å². The molecule has 3 rings (SSSR count). The van der Waals surface area contributed by atoms with Crippen molar-refractivity contribution in [3.05, 3.63) is 65.5 Å². The zero-order valence-electron chi connectivity index (χ0n) is 14.7. The minimum Gasteiger partial charge on any atom is -0.379 e. The summed E-state index contributed by atoms with van der Waals surface area (Å²) >= 11 is 0. The predicted molar refractivity (Wildman–Crippen MR) is 97.4 cm³/mol. The Kier molecular flexibility index (Phi) is 6.02. The molecule has 148 valence electrons. The van der Waals surface area contributed by atoms with Crippen LogP contribution in [0.15, 0.2) is 53.4 Å². The van der Waals surface area contributed by atoms with E-state index in [-0.39, 0.29) is 29.1 Å². The Hall–Kier alpha value is -2.82. The Morgan fingerprint density at radius 2 is 1.54 bits per heavy atom. The van der Waals surface area contributed by atoms with E-state index in [0.717, 1.165) is 6.07 Å². The number of hydrogen-bond donors (Lipinski definition) is 2. The summed E-state index contributed by atoms with van der Waals surface area (Å²) in [7, 11) is -3.66. The van der Waals surface area contributed by atoms with Gasteiger partial charge in [0, 0.05) is 18.7 Å². The number of benzene rings is 2. The highest BCUT2D eigenvalue weighted by molar-refractivity contribution is 7.89. The van der Waals surface area contributed by atoms with Crippen LogP contribution in [0.25, 0.3) is 0 Å². The van der Waals surface area contributed by atoms with Crippen LogP contribution in [-0.2, 0) is 14.8 Å². The van der Waals surface area contributed by atoms with Crippen molar-refractivity contribution in [3.8, 4) is 0 Å². The van der Waals surface area contributed by atoms with E-state index in [1.807, 2.05) is 0 Å². The van der Waals surface area contributed by atoms with Gasteiger partial charge in [-0.15, -0.1) is 0 Å². The van der Waals surface area contributed by atoms with Crippen molar-refractivity contribution >= 4 is 21.8 Å². The zero-order chi connectivity index (χ0) is 20.1. The van der Waals surface area contributed by atoms with Gasteiger partial charge < -0.3 is 4.74 Å². The van der Waals surface area contributed by atoms with Crippen molar-refractivity contribution in [3.63, 3.8) is 0 Å². The summed E-state index contributed by atoms with van der Waals surface area (Å²) < 4.78 is 45.1. The average molecular weight is 407 g/mol. The highest BCUT2D eigenvalue weighted by Crippen LogP contribution is 2.17. The van der Waals surface area contributed by atoms with Crippen LogP contribution in [-0.4, -0.2) is 50.8 Å². The summed E-state index contributed by atoms with van der Waals surface area (Å²) in [5.74, 6) is -2.19. The van der Waals surface area contributed by atoms with Crippen LogP contribution in [0.1, 0.15) is 20.7 Å². The minimum absolute atomic E-state index is 0.0568. The van der Waals surface area contributed by atoms with Crippen LogP contribution in [0.5, 0.6) is 0 Å². The standard InChI is InChI=1S/C18H18FN3O5S/c19-16-4-2-1-3-15(16)18(24)21-20-17(23)13-5-7-14(8-6-13)28(25,26)22-9-11-27-12-10-22/h1-8H,9-12H2,(H,20,23)(H,21,24). The third-order valence-corrected chi connectivity index (χ3v) is 6.05. The zero-order valence-corrected chi connectivity index (χ0v) is 15.5. The summed E-state index contributed by atoms with van der Waals surface area (Å²) in [6.07, 6.45) is 0. The second kappa shape index (κ2) is 8.46. The first-order valence-electron chi connectivity index (χ1n) is 8.43. The fourth-order valence-corrected chi connectivity index (χ4v) is 4.02. The van der Waals surface area contributed by atoms with Gasteiger partial charge in [-0.3, -0.25) is 20.4 Å². The Morgan fingerprint density at radius 1 is 0.929 bits per heavy atom. The lowest BCUT2D eigenvalue weighted by molar-refractivity contribution is 0.0730. The summed E-state index contributed by atoms with van der Waals surface area (Å²) in [5.41, 5.74) is 4.20. The number of rotatable bonds is 4. The largest absolute Gasteiger partial charge is 0.379 e. The third kappa shape index (κ3) is 4.35. The Balaban J connectivity index is 1.64. The number of hydrazine groups is 1. The van der Waals surface area contributed by atoms with Gasteiger partial charge in [-0.05, 0) is 36.4 Å². The molecule has 0 aromatic heterocycles. The molecule has 10 heteroatoms. The second-order valence-corrected chi connectivity index (χ2v) is 7.87. The Labute approximate surface area is 161 Å².